The number of likely N-dealkylation sites (N-methyl/N-ethyl adjacent to an activating group) is 1. The third-order valence-corrected chi connectivity index (χ3v) is 7.76. The van der Waals surface area contributed by atoms with Gasteiger partial charge in [-0.25, -0.2) is 0 Å². The van der Waals surface area contributed by atoms with E-state index in [0.717, 1.165) is 69.7 Å². The highest BCUT2D eigenvalue weighted by Crippen LogP contribution is 2.25. The maximum absolute atomic E-state index is 6.05. The van der Waals surface area contributed by atoms with Crippen molar-refractivity contribution in [3.8, 4) is 5.75 Å². The summed E-state index contributed by atoms with van der Waals surface area (Å²) in [7, 11) is 4.07. The van der Waals surface area contributed by atoms with Crippen molar-refractivity contribution in [2.24, 2.45) is 10.9 Å². The van der Waals surface area contributed by atoms with E-state index >= 15 is 0 Å². The van der Waals surface area contributed by atoms with E-state index in [1.807, 2.05) is 13.1 Å². The molecule has 0 bridgehead atoms. The minimum absolute atomic E-state index is 0. The fourth-order valence-corrected chi connectivity index (χ4v) is 5.44. The van der Waals surface area contributed by atoms with Gasteiger partial charge in [0.25, 0.3) is 0 Å². The Hall–Kier alpha value is -0.710. The van der Waals surface area contributed by atoms with Crippen LogP contribution in [0.5, 0.6) is 5.75 Å². The molecular weight excluding hydrogens is 535 g/mol. The average Bonchev–Trinajstić information content (AvgIpc) is 2.80. The maximum Gasteiger partial charge on any atom is 0.193 e. The second-order valence-corrected chi connectivity index (χ2v) is 10.2. The Morgan fingerprint density at radius 1 is 1.34 bits per heavy atom. The molecule has 0 spiro atoms. The van der Waals surface area contributed by atoms with Crippen molar-refractivity contribution in [3.05, 3.63) is 29.8 Å². The lowest BCUT2D eigenvalue weighted by Gasteiger charge is -2.36. The van der Waals surface area contributed by atoms with E-state index in [9.17, 15) is 0 Å². The molecule has 1 N–H and O–H groups in total. The zero-order chi connectivity index (χ0) is 22.1. The molecule has 0 aliphatic carbocycles. The zero-order valence-corrected chi connectivity index (χ0v) is 23.2. The molecule has 2 aliphatic heterocycles. The Labute approximate surface area is 215 Å². The molecule has 8 heteroatoms. The van der Waals surface area contributed by atoms with E-state index in [2.05, 4.69) is 71.0 Å². The number of aliphatic imine (C=N–C) groups is 1. The molecule has 0 saturated carbocycles. The van der Waals surface area contributed by atoms with Gasteiger partial charge in [-0.2, -0.15) is 11.8 Å². The SMILES string of the molecule is CN=C(NCc1cccc(OCCN(C)C2CCOCC2)c1)N1CCSC(C(C)C)C1.I. The number of nitrogens with zero attached hydrogens (tertiary/aromatic N) is 3. The van der Waals surface area contributed by atoms with Crippen molar-refractivity contribution in [3.63, 3.8) is 0 Å². The molecule has 0 aromatic heterocycles. The predicted molar refractivity (Wildman–Crippen MR) is 147 cm³/mol. The van der Waals surface area contributed by atoms with Gasteiger partial charge in [-0.15, -0.1) is 24.0 Å². The normalized spacial score (nSPS) is 20.4. The van der Waals surface area contributed by atoms with E-state index in [0.29, 0.717) is 23.8 Å². The standard InChI is InChI=1S/C24H40N4O2S.HI/c1-19(2)23-18-28(11-15-31-23)24(25-3)26-17-20-6-5-7-22(16-20)30-14-10-27(4)21-8-12-29-13-9-21;/h5-7,16,19,21,23H,8-15,17-18H2,1-4H3,(H,25,26);1H. The lowest BCUT2D eigenvalue weighted by Crippen LogP contribution is -2.48. The smallest absolute Gasteiger partial charge is 0.193 e. The van der Waals surface area contributed by atoms with Gasteiger partial charge in [0.15, 0.2) is 5.96 Å². The summed E-state index contributed by atoms with van der Waals surface area (Å²) in [6.07, 6.45) is 2.24. The number of halogens is 1. The van der Waals surface area contributed by atoms with Gasteiger partial charge in [-0.05, 0) is 43.5 Å². The highest BCUT2D eigenvalue weighted by Gasteiger charge is 2.24. The van der Waals surface area contributed by atoms with Crippen molar-refractivity contribution < 1.29 is 9.47 Å². The number of guanidine groups is 1. The predicted octanol–water partition coefficient (Wildman–Crippen LogP) is 3.94. The van der Waals surface area contributed by atoms with Crippen LogP contribution in [0.4, 0.5) is 0 Å². The van der Waals surface area contributed by atoms with Crippen LogP contribution in [0.1, 0.15) is 32.3 Å². The van der Waals surface area contributed by atoms with E-state index in [-0.39, 0.29) is 24.0 Å². The molecule has 1 atom stereocenters. The van der Waals surface area contributed by atoms with Crippen LogP contribution in [-0.4, -0.2) is 86.4 Å². The fraction of sp³-hybridized carbons (Fsp3) is 0.708. The van der Waals surface area contributed by atoms with Crippen LogP contribution in [0.25, 0.3) is 0 Å². The van der Waals surface area contributed by atoms with Gasteiger partial charge in [0.2, 0.25) is 0 Å². The second-order valence-electron chi connectivity index (χ2n) is 8.82. The van der Waals surface area contributed by atoms with Crippen LogP contribution in [0.3, 0.4) is 0 Å². The summed E-state index contributed by atoms with van der Waals surface area (Å²) in [6.45, 7) is 10.9. The summed E-state index contributed by atoms with van der Waals surface area (Å²) in [5.74, 6) is 3.78. The van der Waals surface area contributed by atoms with E-state index in [1.165, 1.54) is 5.56 Å². The van der Waals surface area contributed by atoms with Gasteiger partial charge >= 0.3 is 0 Å². The quantitative estimate of drug-likeness (QED) is 0.288. The average molecular weight is 577 g/mol. The molecule has 3 rings (SSSR count). The number of ether oxygens (including phenoxy) is 2. The van der Waals surface area contributed by atoms with E-state index in [1.54, 1.807) is 0 Å². The van der Waals surface area contributed by atoms with Crippen LogP contribution in [0.15, 0.2) is 29.3 Å². The van der Waals surface area contributed by atoms with Gasteiger partial charge in [0, 0.05) is 63.5 Å². The molecular formula is C24H41IN4O2S. The van der Waals surface area contributed by atoms with Gasteiger partial charge < -0.3 is 19.7 Å². The maximum atomic E-state index is 6.05. The topological polar surface area (TPSA) is 49.3 Å². The van der Waals surface area contributed by atoms with Gasteiger partial charge in [0.1, 0.15) is 12.4 Å². The minimum Gasteiger partial charge on any atom is -0.492 e. The first-order valence-electron chi connectivity index (χ1n) is 11.6. The molecule has 0 amide bonds. The first-order valence-corrected chi connectivity index (χ1v) is 12.7. The summed E-state index contributed by atoms with van der Waals surface area (Å²) >= 11 is 2.09. The number of rotatable bonds is 8. The second kappa shape index (κ2) is 14.5. The Balaban J connectivity index is 0.00000363. The van der Waals surface area contributed by atoms with Crippen molar-refractivity contribution in [2.75, 3.05) is 59.3 Å². The fourth-order valence-electron chi connectivity index (χ4n) is 4.15. The van der Waals surface area contributed by atoms with Crippen LogP contribution < -0.4 is 10.1 Å². The Morgan fingerprint density at radius 3 is 2.84 bits per heavy atom. The highest BCUT2D eigenvalue weighted by molar-refractivity contribution is 14.0. The van der Waals surface area contributed by atoms with Gasteiger partial charge in [0.05, 0.1) is 0 Å². The van der Waals surface area contributed by atoms with Crippen LogP contribution in [-0.2, 0) is 11.3 Å². The Kier molecular flexibility index (Phi) is 12.5. The molecule has 6 nitrogen and oxygen atoms in total. The first-order chi connectivity index (χ1) is 15.1. The number of nitrogens with one attached hydrogen (secondary N) is 1. The summed E-state index contributed by atoms with van der Waals surface area (Å²) in [4.78, 5) is 9.33. The molecule has 1 aromatic carbocycles. The van der Waals surface area contributed by atoms with Crippen molar-refractivity contribution in [1.29, 1.82) is 0 Å². The summed E-state index contributed by atoms with van der Waals surface area (Å²) < 4.78 is 11.5. The first kappa shape index (κ1) is 27.5. The third kappa shape index (κ3) is 8.57. The van der Waals surface area contributed by atoms with E-state index < -0.39 is 0 Å². The molecule has 2 heterocycles. The third-order valence-electron chi connectivity index (χ3n) is 6.22. The molecule has 0 radical (unpaired) electrons. The molecule has 1 unspecified atom stereocenters. The van der Waals surface area contributed by atoms with Gasteiger partial charge in [-0.1, -0.05) is 26.0 Å². The summed E-state index contributed by atoms with van der Waals surface area (Å²) in [5.41, 5.74) is 1.21. The molecule has 2 fully saturated rings. The van der Waals surface area contributed by atoms with E-state index in [4.69, 9.17) is 9.47 Å². The van der Waals surface area contributed by atoms with Crippen LogP contribution in [0, 0.1) is 5.92 Å². The Morgan fingerprint density at radius 2 is 2.12 bits per heavy atom. The summed E-state index contributed by atoms with van der Waals surface area (Å²) in [5, 5.41) is 4.22. The number of thioether (sulfide) groups is 1. The Bertz CT molecular complexity index is 700. The van der Waals surface area contributed by atoms with Gasteiger partial charge in [-0.3, -0.25) is 9.89 Å². The minimum atomic E-state index is 0. The number of benzene rings is 1. The highest BCUT2D eigenvalue weighted by atomic mass is 127. The summed E-state index contributed by atoms with van der Waals surface area (Å²) in [6, 6.07) is 9.01. The van der Waals surface area contributed by atoms with Crippen molar-refractivity contribution >= 4 is 41.7 Å². The zero-order valence-electron chi connectivity index (χ0n) is 20.1. The van der Waals surface area contributed by atoms with Crippen molar-refractivity contribution in [2.45, 2.75) is 44.5 Å². The molecule has 2 aliphatic rings. The van der Waals surface area contributed by atoms with Crippen LogP contribution in [0.2, 0.25) is 0 Å². The van der Waals surface area contributed by atoms with Crippen LogP contribution >= 0.6 is 35.7 Å². The molecule has 32 heavy (non-hydrogen) atoms. The molecule has 2 saturated heterocycles. The monoisotopic (exact) mass is 576 g/mol. The van der Waals surface area contributed by atoms with Crippen molar-refractivity contribution in [1.82, 2.24) is 15.1 Å². The largest absolute Gasteiger partial charge is 0.492 e. The lowest BCUT2D eigenvalue weighted by molar-refractivity contribution is 0.0392. The molecule has 182 valence electrons. The lowest BCUT2D eigenvalue weighted by atomic mass is 10.1. The number of hydrogen-bond acceptors (Lipinski definition) is 5. The molecule has 1 aromatic rings. The number of hydrogen-bond donors (Lipinski definition) is 1.